The molecule has 2 heterocycles. The summed E-state index contributed by atoms with van der Waals surface area (Å²) in [6.45, 7) is 13.7. The van der Waals surface area contributed by atoms with Crippen LogP contribution in [0.3, 0.4) is 0 Å². The molecule has 2 heteroatoms. The van der Waals surface area contributed by atoms with Crippen LogP contribution in [0.4, 0.5) is 0 Å². The molecule has 0 bridgehead atoms. The largest absolute Gasteiger partial charge is 0.455 e. The van der Waals surface area contributed by atoms with E-state index in [0.717, 1.165) is 122 Å². The normalized spacial score (nSPS) is 12.0. The third-order valence-corrected chi connectivity index (χ3v) is 16.6. The number of fused-ring (bicyclic) bond motifs is 4. The van der Waals surface area contributed by atoms with Gasteiger partial charge in [-0.1, -0.05) is 290 Å². The highest BCUT2D eigenvalue weighted by molar-refractivity contribution is 6.28. The Kier molecular flexibility index (Phi) is 12.4. The maximum absolute atomic E-state index is 7.95. The minimum atomic E-state index is -0.0573. The zero-order valence-corrected chi connectivity index (χ0v) is 47.2. The molecule has 2 aromatic heterocycles. The van der Waals surface area contributed by atoms with Gasteiger partial charge in [0.1, 0.15) is 22.7 Å². The van der Waals surface area contributed by atoms with E-state index in [0.29, 0.717) is 0 Å². The zero-order chi connectivity index (χ0) is 55.7. The van der Waals surface area contributed by atoms with Gasteiger partial charge in [-0.25, -0.2) is 0 Å². The maximum Gasteiger partial charge on any atom is 0.144 e. The van der Waals surface area contributed by atoms with E-state index in [4.69, 9.17) is 8.83 Å². The number of hydrogen-bond acceptors (Lipinski definition) is 2. The van der Waals surface area contributed by atoms with Crippen molar-refractivity contribution >= 4 is 43.5 Å². The van der Waals surface area contributed by atoms with E-state index in [9.17, 15) is 0 Å². The van der Waals surface area contributed by atoms with Gasteiger partial charge in [0, 0.05) is 44.2 Å². The fraction of sp³-hybridized carbons (Fsp3) is 0.100. The van der Waals surface area contributed by atoms with Gasteiger partial charge in [0.15, 0.2) is 0 Å². The second-order valence-electron chi connectivity index (χ2n) is 24.0. The summed E-state index contributed by atoms with van der Waals surface area (Å²) >= 11 is 0. The molecule has 0 aliphatic heterocycles. The Balaban J connectivity index is 1.17. The standard InChI is InChI=1S/C80H62O2/c1-79(2,3)65-44-40-56(41-45-65)69-73-71(62-30-17-28-60(48-62)51-20-9-7-10-21-51)78-74(70(57-42-46-66(47-43-57)80(4,5)6)76(82-78)64-39-34-53-24-13-14-26-59(53)50-64)72(63-31-18-29-61(49-63)52-22-11-8-12-23-52)77(73)81-75(69)58-37-35-55(36-38-58)68-33-19-27-54-25-15-16-32-67(54)68/h7-50H,1-6H3. The van der Waals surface area contributed by atoms with Crippen LogP contribution in [0.15, 0.2) is 276 Å². The molecule has 0 saturated heterocycles. The summed E-state index contributed by atoms with van der Waals surface area (Å²) in [5.41, 5.74) is 21.0. The molecule has 394 valence electrons. The van der Waals surface area contributed by atoms with Gasteiger partial charge < -0.3 is 8.83 Å². The van der Waals surface area contributed by atoms with Crippen molar-refractivity contribution in [2.45, 2.75) is 52.4 Å². The topological polar surface area (TPSA) is 26.3 Å². The van der Waals surface area contributed by atoms with E-state index in [-0.39, 0.29) is 10.8 Å². The van der Waals surface area contributed by atoms with Gasteiger partial charge in [-0.3, -0.25) is 0 Å². The third-order valence-electron chi connectivity index (χ3n) is 16.6. The number of hydrogen-bond donors (Lipinski definition) is 0. The van der Waals surface area contributed by atoms with Crippen molar-refractivity contribution in [3.05, 3.63) is 278 Å². The van der Waals surface area contributed by atoms with Gasteiger partial charge in [-0.15, -0.1) is 0 Å². The van der Waals surface area contributed by atoms with Crippen molar-refractivity contribution in [2.75, 3.05) is 0 Å². The van der Waals surface area contributed by atoms with E-state index in [2.05, 4.69) is 308 Å². The van der Waals surface area contributed by atoms with E-state index in [1.807, 2.05) is 0 Å². The quantitative estimate of drug-likeness (QED) is 0.144. The van der Waals surface area contributed by atoms with Crippen LogP contribution >= 0.6 is 0 Å². The Morgan fingerprint density at radius 1 is 0.244 bits per heavy atom. The van der Waals surface area contributed by atoms with Crippen LogP contribution in [0, 0.1) is 0 Å². The van der Waals surface area contributed by atoms with Gasteiger partial charge in [0.25, 0.3) is 0 Å². The molecule has 0 spiro atoms. The molecular formula is C80H62O2. The lowest BCUT2D eigenvalue weighted by molar-refractivity contribution is 0.590. The second-order valence-corrected chi connectivity index (χ2v) is 24.0. The average Bonchev–Trinajstić information content (AvgIpc) is 4.28. The molecule has 0 N–H and O–H groups in total. The van der Waals surface area contributed by atoms with E-state index in [1.165, 1.54) is 32.8 Å². The molecule has 12 aromatic carbocycles. The Morgan fingerprint density at radius 2 is 0.634 bits per heavy atom. The minimum Gasteiger partial charge on any atom is -0.455 e. The summed E-state index contributed by atoms with van der Waals surface area (Å²) in [6, 6.07) is 97.3. The highest BCUT2D eigenvalue weighted by Crippen LogP contribution is 2.57. The molecule has 0 unspecified atom stereocenters. The smallest absolute Gasteiger partial charge is 0.144 e. The van der Waals surface area contributed by atoms with Crippen molar-refractivity contribution in [3.63, 3.8) is 0 Å². The van der Waals surface area contributed by atoms with E-state index in [1.54, 1.807) is 0 Å². The van der Waals surface area contributed by atoms with Gasteiger partial charge in [0.05, 0.1) is 0 Å². The molecule has 14 aromatic rings. The van der Waals surface area contributed by atoms with Gasteiger partial charge in [-0.05, 0) is 117 Å². The predicted molar refractivity (Wildman–Crippen MR) is 347 cm³/mol. The highest BCUT2D eigenvalue weighted by atomic mass is 16.3. The first-order valence-corrected chi connectivity index (χ1v) is 28.6. The molecule has 0 aliphatic rings. The molecule has 0 atom stereocenters. The summed E-state index contributed by atoms with van der Waals surface area (Å²) < 4.78 is 15.9. The Morgan fingerprint density at radius 3 is 1.16 bits per heavy atom. The average molecular weight is 1060 g/mol. The summed E-state index contributed by atoms with van der Waals surface area (Å²) in [5.74, 6) is 1.60. The van der Waals surface area contributed by atoms with Gasteiger partial charge in [-0.2, -0.15) is 0 Å². The minimum absolute atomic E-state index is 0.0521. The van der Waals surface area contributed by atoms with Gasteiger partial charge >= 0.3 is 0 Å². The summed E-state index contributed by atoms with van der Waals surface area (Å²) in [6.07, 6.45) is 0. The van der Waals surface area contributed by atoms with Crippen LogP contribution in [0.25, 0.3) is 144 Å². The Labute approximate surface area is 480 Å². The van der Waals surface area contributed by atoms with Crippen LogP contribution in [0.5, 0.6) is 0 Å². The fourth-order valence-corrected chi connectivity index (χ4v) is 12.3. The van der Waals surface area contributed by atoms with Gasteiger partial charge in [0.2, 0.25) is 0 Å². The number of benzene rings is 12. The molecule has 2 nitrogen and oxygen atoms in total. The van der Waals surface area contributed by atoms with E-state index >= 15 is 0 Å². The summed E-state index contributed by atoms with van der Waals surface area (Å²) in [7, 11) is 0. The summed E-state index contributed by atoms with van der Waals surface area (Å²) in [4.78, 5) is 0. The molecule has 0 saturated carbocycles. The monoisotopic (exact) mass is 1050 g/mol. The SMILES string of the molecule is CC(C)(C)c1ccc(-c2c(-c3ccc(-c4cccc5ccccc45)cc3)oc3c(-c4cccc(-c5ccccc5)c4)c4c(-c5ccc(C(C)(C)C)cc5)c(-c5ccc6ccccc6c5)oc4c(-c4cccc(-c5ccccc5)c4)c23)cc1. The van der Waals surface area contributed by atoms with Crippen LogP contribution in [0.2, 0.25) is 0 Å². The second kappa shape index (κ2) is 20.1. The number of furan rings is 2. The Hall–Kier alpha value is -9.76. The van der Waals surface area contributed by atoms with Crippen molar-refractivity contribution in [3.8, 4) is 101 Å². The molecular weight excluding hydrogens is 993 g/mol. The Bertz CT molecular complexity index is 4610. The van der Waals surface area contributed by atoms with Crippen molar-refractivity contribution in [1.82, 2.24) is 0 Å². The first kappa shape index (κ1) is 50.5. The number of rotatable bonds is 9. The molecule has 0 fully saturated rings. The predicted octanol–water partition coefficient (Wildman–Crippen LogP) is 23.1. The van der Waals surface area contributed by atoms with Crippen molar-refractivity contribution in [1.29, 1.82) is 0 Å². The third kappa shape index (κ3) is 9.02. The van der Waals surface area contributed by atoms with Crippen LogP contribution in [0.1, 0.15) is 52.7 Å². The molecule has 82 heavy (non-hydrogen) atoms. The highest BCUT2D eigenvalue weighted by Gasteiger charge is 2.33. The lowest BCUT2D eigenvalue weighted by Gasteiger charge is -2.19. The molecule has 0 amide bonds. The first-order valence-electron chi connectivity index (χ1n) is 28.6. The van der Waals surface area contributed by atoms with Crippen molar-refractivity contribution in [2.24, 2.45) is 0 Å². The fourth-order valence-electron chi connectivity index (χ4n) is 12.3. The lowest BCUT2D eigenvalue weighted by Crippen LogP contribution is -2.10. The van der Waals surface area contributed by atoms with Crippen LogP contribution in [-0.4, -0.2) is 0 Å². The molecule has 14 rings (SSSR count). The lowest BCUT2D eigenvalue weighted by atomic mass is 9.83. The maximum atomic E-state index is 7.95. The first-order chi connectivity index (χ1) is 39.9. The summed E-state index contributed by atoms with van der Waals surface area (Å²) in [5, 5.41) is 6.74. The molecule has 0 aliphatic carbocycles. The van der Waals surface area contributed by atoms with E-state index < -0.39 is 0 Å². The zero-order valence-electron chi connectivity index (χ0n) is 47.2. The van der Waals surface area contributed by atoms with Crippen LogP contribution < -0.4 is 0 Å². The van der Waals surface area contributed by atoms with Crippen LogP contribution in [-0.2, 0) is 10.8 Å². The molecule has 0 radical (unpaired) electrons. The van der Waals surface area contributed by atoms with Crippen molar-refractivity contribution < 1.29 is 8.83 Å².